The minimum Gasteiger partial charge on any atom is -0.467 e. The summed E-state index contributed by atoms with van der Waals surface area (Å²) < 4.78 is 5.35. The number of urea groups is 1. The molecule has 1 aromatic carbocycles. The summed E-state index contributed by atoms with van der Waals surface area (Å²) in [5.74, 6) is 12.8. The summed E-state index contributed by atoms with van der Waals surface area (Å²) in [6.45, 7) is 2.05. The second-order valence-electron chi connectivity index (χ2n) is 4.90. The molecule has 0 aliphatic rings. The first-order valence-corrected chi connectivity index (χ1v) is 8.35. The number of nitrogens with two attached hydrogens (primary N) is 2. The van der Waals surface area contributed by atoms with E-state index in [9.17, 15) is 4.79 Å². The molecule has 0 unspecified atom stereocenters. The second kappa shape index (κ2) is 7.74. The third-order valence-electron chi connectivity index (χ3n) is 3.20. The molecule has 0 aliphatic carbocycles. The lowest BCUT2D eigenvalue weighted by Crippen LogP contribution is -2.48. The van der Waals surface area contributed by atoms with Crippen molar-refractivity contribution in [3.05, 3.63) is 46.9 Å². The molecular formula is C15H19ClN4O2S. The van der Waals surface area contributed by atoms with Crippen LogP contribution < -0.4 is 16.7 Å². The Morgan fingerprint density at radius 3 is 2.70 bits per heavy atom. The Kier molecular flexibility index (Phi) is 5.95. The van der Waals surface area contributed by atoms with Crippen molar-refractivity contribution in [1.29, 1.82) is 0 Å². The van der Waals surface area contributed by atoms with Crippen LogP contribution in [0.1, 0.15) is 18.2 Å². The number of carbonyl (C=O) groups excluding carboxylic acids is 1. The molecule has 2 aromatic rings. The molecule has 0 atom stereocenters. The van der Waals surface area contributed by atoms with E-state index in [2.05, 4.69) is 0 Å². The van der Waals surface area contributed by atoms with Crippen LogP contribution in [0.3, 0.4) is 0 Å². The minimum atomic E-state index is -0.499. The third-order valence-corrected chi connectivity index (χ3v) is 4.59. The highest BCUT2D eigenvalue weighted by molar-refractivity contribution is 7.98. The minimum absolute atomic E-state index is 0.499. The molecule has 0 radical (unpaired) electrons. The molecule has 2 amide bonds. The largest absolute Gasteiger partial charge is 0.467 e. The average molecular weight is 355 g/mol. The average Bonchev–Trinajstić information content (AvgIpc) is 2.96. The molecule has 0 spiro atoms. The van der Waals surface area contributed by atoms with Gasteiger partial charge >= 0.3 is 6.03 Å². The first kappa shape index (κ1) is 17.7. The van der Waals surface area contributed by atoms with Crippen LogP contribution in [0.25, 0.3) is 0 Å². The van der Waals surface area contributed by atoms with E-state index in [0.29, 0.717) is 16.5 Å². The fraction of sp³-hybridized carbons (Fsp3) is 0.267. The molecule has 0 aliphatic heterocycles. The van der Waals surface area contributed by atoms with Crippen molar-refractivity contribution < 1.29 is 9.21 Å². The summed E-state index contributed by atoms with van der Waals surface area (Å²) in [5.41, 5.74) is 1.70. The number of anilines is 1. The molecule has 124 valence electrons. The Labute approximate surface area is 144 Å². The van der Waals surface area contributed by atoms with E-state index in [-0.39, 0.29) is 0 Å². The van der Waals surface area contributed by atoms with Crippen LogP contribution in [0, 0.1) is 0 Å². The van der Waals surface area contributed by atoms with E-state index in [0.717, 1.165) is 32.7 Å². The maximum Gasteiger partial charge on any atom is 0.352 e. The van der Waals surface area contributed by atoms with E-state index in [1.54, 1.807) is 12.1 Å². The van der Waals surface area contributed by atoms with E-state index in [1.807, 2.05) is 19.1 Å². The number of carbonyl (C=O) groups is 1. The highest BCUT2D eigenvalue weighted by Gasteiger charge is 2.19. The van der Waals surface area contributed by atoms with Gasteiger partial charge in [0.05, 0.1) is 16.5 Å². The van der Waals surface area contributed by atoms with Gasteiger partial charge in [-0.05, 0) is 24.1 Å². The van der Waals surface area contributed by atoms with Crippen molar-refractivity contribution in [2.24, 2.45) is 11.7 Å². The van der Waals surface area contributed by atoms with Crippen molar-refractivity contribution >= 4 is 35.1 Å². The quantitative estimate of drug-likeness (QED) is 0.372. The number of hydrogen-bond acceptors (Lipinski definition) is 5. The molecule has 2 rings (SSSR count). The van der Waals surface area contributed by atoms with Crippen molar-refractivity contribution in [1.82, 2.24) is 5.01 Å². The predicted molar refractivity (Wildman–Crippen MR) is 93.1 cm³/mol. The van der Waals surface area contributed by atoms with Gasteiger partial charge in [-0.1, -0.05) is 30.7 Å². The zero-order valence-electron chi connectivity index (χ0n) is 13.0. The summed E-state index contributed by atoms with van der Waals surface area (Å²) in [5, 5.41) is 2.56. The Bertz CT molecular complexity index is 690. The van der Waals surface area contributed by atoms with Gasteiger partial charge in [-0.2, -0.15) is 0 Å². The van der Waals surface area contributed by atoms with Crippen LogP contribution in [0.5, 0.6) is 0 Å². The highest BCUT2D eigenvalue weighted by Crippen LogP contribution is 2.35. The number of hydrogen-bond donors (Lipinski definition) is 2. The Hall–Kier alpha value is -1.67. The van der Waals surface area contributed by atoms with Crippen LogP contribution in [0.15, 0.2) is 39.8 Å². The molecule has 0 saturated heterocycles. The van der Waals surface area contributed by atoms with Gasteiger partial charge < -0.3 is 4.42 Å². The maximum absolute atomic E-state index is 12.0. The number of amides is 2. The number of aryl methyl sites for hydroxylation is 1. The lowest BCUT2D eigenvalue weighted by Gasteiger charge is -2.24. The molecule has 1 heterocycles. The smallest absolute Gasteiger partial charge is 0.352 e. The summed E-state index contributed by atoms with van der Waals surface area (Å²) in [7, 11) is 1.45. The molecular weight excluding hydrogens is 336 g/mol. The van der Waals surface area contributed by atoms with Crippen LogP contribution in [-0.2, 0) is 12.2 Å². The number of halogens is 1. The Morgan fingerprint density at radius 1 is 1.39 bits per heavy atom. The number of furan rings is 1. The third kappa shape index (κ3) is 4.20. The lowest BCUT2D eigenvalue weighted by atomic mass is 10.1. The van der Waals surface area contributed by atoms with Crippen LogP contribution in [-0.4, -0.2) is 18.1 Å². The van der Waals surface area contributed by atoms with Gasteiger partial charge in [0.1, 0.15) is 12.0 Å². The molecule has 0 bridgehead atoms. The summed E-state index contributed by atoms with van der Waals surface area (Å²) in [4.78, 5) is 12.9. The maximum atomic E-state index is 12.0. The lowest BCUT2D eigenvalue weighted by molar-refractivity contribution is 0.216. The van der Waals surface area contributed by atoms with Gasteiger partial charge in [-0.3, -0.25) is 5.01 Å². The SMILES string of the molecule is CCc1cccc(N(N)C(=O)N(C)N)c1SCc1cc(Cl)co1. The number of rotatable bonds is 5. The van der Waals surface area contributed by atoms with Crippen LogP contribution in [0.4, 0.5) is 10.5 Å². The fourth-order valence-electron chi connectivity index (χ4n) is 2.05. The first-order valence-electron chi connectivity index (χ1n) is 6.98. The Morgan fingerprint density at radius 2 is 2.13 bits per heavy atom. The van der Waals surface area contributed by atoms with E-state index >= 15 is 0 Å². The second-order valence-corrected chi connectivity index (χ2v) is 6.32. The molecule has 4 N–H and O–H groups in total. The highest BCUT2D eigenvalue weighted by atomic mass is 35.5. The van der Waals surface area contributed by atoms with E-state index < -0.39 is 6.03 Å². The molecule has 6 nitrogen and oxygen atoms in total. The zero-order chi connectivity index (χ0) is 17.0. The Balaban J connectivity index is 2.30. The van der Waals surface area contributed by atoms with Crippen molar-refractivity contribution in [2.75, 3.05) is 12.1 Å². The van der Waals surface area contributed by atoms with Gasteiger partial charge in [0.2, 0.25) is 0 Å². The van der Waals surface area contributed by atoms with Crippen LogP contribution >= 0.6 is 23.4 Å². The van der Waals surface area contributed by atoms with Gasteiger partial charge in [-0.15, -0.1) is 11.8 Å². The van der Waals surface area contributed by atoms with E-state index in [4.69, 9.17) is 27.7 Å². The first-order chi connectivity index (χ1) is 10.9. The van der Waals surface area contributed by atoms with Crippen molar-refractivity contribution in [3.63, 3.8) is 0 Å². The molecule has 23 heavy (non-hydrogen) atoms. The monoisotopic (exact) mass is 354 g/mol. The van der Waals surface area contributed by atoms with E-state index in [1.165, 1.54) is 25.1 Å². The van der Waals surface area contributed by atoms with Crippen LogP contribution in [0.2, 0.25) is 5.02 Å². The summed E-state index contributed by atoms with van der Waals surface area (Å²) >= 11 is 7.40. The summed E-state index contributed by atoms with van der Waals surface area (Å²) in [6.07, 6.45) is 2.31. The fourth-order valence-corrected chi connectivity index (χ4v) is 3.37. The molecule has 8 heteroatoms. The summed E-state index contributed by atoms with van der Waals surface area (Å²) in [6, 6.07) is 6.93. The van der Waals surface area contributed by atoms with Gasteiger partial charge in [0.25, 0.3) is 0 Å². The number of thioether (sulfide) groups is 1. The standard InChI is InChI=1S/C15H19ClN4O2S/c1-3-10-5-4-6-13(20(18)15(21)19(2)17)14(10)23-9-12-7-11(16)8-22-12/h4-8H,3,9,17-18H2,1-2H3. The zero-order valence-corrected chi connectivity index (χ0v) is 14.5. The number of benzene rings is 1. The normalized spacial score (nSPS) is 10.7. The number of nitrogens with zero attached hydrogens (tertiary/aromatic N) is 2. The topological polar surface area (TPSA) is 88.7 Å². The van der Waals surface area contributed by atoms with Gasteiger partial charge in [0.15, 0.2) is 0 Å². The predicted octanol–water partition coefficient (Wildman–Crippen LogP) is 3.39. The van der Waals surface area contributed by atoms with Gasteiger partial charge in [0, 0.05) is 11.9 Å². The van der Waals surface area contributed by atoms with Crippen molar-refractivity contribution in [2.45, 2.75) is 24.0 Å². The van der Waals surface area contributed by atoms with Crippen molar-refractivity contribution in [3.8, 4) is 0 Å². The molecule has 0 saturated carbocycles. The molecule has 0 fully saturated rings. The number of hydrazine groups is 2. The van der Waals surface area contributed by atoms with Gasteiger partial charge in [-0.25, -0.2) is 21.5 Å². The molecule has 1 aromatic heterocycles.